The molecule has 0 N–H and O–H groups in total. The summed E-state index contributed by atoms with van der Waals surface area (Å²) < 4.78 is 35.6. The maximum Gasteiger partial charge on any atom is 0.257 e. The zero-order chi connectivity index (χ0) is 23.7. The fraction of sp³-hybridized carbons (Fsp3) is 0.364. The first-order valence-corrected chi connectivity index (χ1v) is 10.7. The molecular weight excluding hydrogens is 446 g/mol. The fourth-order valence-corrected chi connectivity index (χ4v) is 4.32. The average molecular weight is 466 g/mol. The zero-order valence-corrected chi connectivity index (χ0v) is 18.0. The van der Waals surface area contributed by atoms with Crippen LogP contribution in [-0.2, 0) is 16.0 Å². The molecule has 0 aliphatic carbocycles. The predicted octanol–water partition coefficient (Wildman–Crippen LogP) is 1.71. The molecule has 1 aromatic carbocycles. The van der Waals surface area contributed by atoms with E-state index < -0.39 is 23.4 Å². The number of carbonyl (C=O) groups excluding carboxylic acids is 1. The highest BCUT2D eigenvalue weighted by Gasteiger charge is 2.36. The first-order chi connectivity index (χ1) is 16.5. The molecule has 10 nitrogen and oxygen atoms in total. The van der Waals surface area contributed by atoms with Crippen LogP contribution in [0.1, 0.15) is 17.2 Å². The van der Waals surface area contributed by atoms with Gasteiger partial charge in [0.05, 0.1) is 31.7 Å². The van der Waals surface area contributed by atoms with E-state index in [1.165, 1.54) is 17.1 Å². The lowest BCUT2D eigenvalue weighted by molar-refractivity contribution is -0.139. The van der Waals surface area contributed by atoms with Crippen LogP contribution < -0.4 is 0 Å². The average Bonchev–Trinajstić information content (AvgIpc) is 3.39. The van der Waals surface area contributed by atoms with E-state index in [0.29, 0.717) is 38.6 Å². The Kier molecular flexibility index (Phi) is 5.95. The van der Waals surface area contributed by atoms with Gasteiger partial charge in [-0.25, -0.2) is 18.6 Å². The topological polar surface area (TPSA) is 93.6 Å². The molecule has 0 bridgehead atoms. The van der Waals surface area contributed by atoms with E-state index in [1.807, 2.05) is 6.07 Å². The summed E-state index contributed by atoms with van der Waals surface area (Å²) >= 11 is 0. The minimum Gasteiger partial charge on any atom is -0.370 e. The van der Waals surface area contributed by atoms with Crippen molar-refractivity contribution in [2.45, 2.75) is 18.6 Å². The molecule has 4 heterocycles. The smallest absolute Gasteiger partial charge is 0.257 e. The molecule has 2 aliphatic rings. The van der Waals surface area contributed by atoms with Crippen LogP contribution in [0, 0.1) is 18.2 Å². The van der Waals surface area contributed by atoms with Crippen LogP contribution in [0.4, 0.5) is 14.5 Å². The molecule has 0 spiro atoms. The summed E-state index contributed by atoms with van der Waals surface area (Å²) in [7, 11) is 0. The number of fused-ring (bicyclic) bond motifs is 1. The largest absolute Gasteiger partial charge is 0.370 e. The van der Waals surface area contributed by atoms with Crippen molar-refractivity contribution in [3.8, 4) is 5.82 Å². The Hall–Kier alpha value is -3.82. The van der Waals surface area contributed by atoms with Crippen LogP contribution in [-0.4, -0.2) is 79.7 Å². The number of pyridine rings is 1. The van der Waals surface area contributed by atoms with Gasteiger partial charge in [-0.05, 0) is 28.1 Å². The molecule has 0 radical (unpaired) electrons. The summed E-state index contributed by atoms with van der Waals surface area (Å²) in [4.78, 5) is 24.1. The van der Waals surface area contributed by atoms with Gasteiger partial charge in [0.1, 0.15) is 18.0 Å². The van der Waals surface area contributed by atoms with Crippen molar-refractivity contribution in [2.75, 3.05) is 32.8 Å². The summed E-state index contributed by atoms with van der Waals surface area (Å²) in [5.41, 5.74) is 0.354. The lowest BCUT2D eigenvalue weighted by Gasteiger charge is -2.46. The predicted molar refractivity (Wildman–Crippen MR) is 114 cm³/mol. The Labute approximate surface area is 193 Å². The second kappa shape index (κ2) is 9.20. The minimum absolute atomic E-state index is 0.00924. The second-order valence-corrected chi connectivity index (χ2v) is 8.18. The number of carbonyl (C=O) groups is 1. The fourth-order valence-electron chi connectivity index (χ4n) is 4.32. The van der Waals surface area contributed by atoms with E-state index in [1.54, 1.807) is 17.2 Å². The van der Waals surface area contributed by atoms with Crippen LogP contribution in [0.2, 0.25) is 0 Å². The third-order valence-electron chi connectivity index (χ3n) is 6.15. The molecular formula is C22H20F2N8O2. The maximum atomic E-state index is 14.6. The Balaban J connectivity index is 1.19. The molecule has 5 rings (SSSR count). The van der Waals surface area contributed by atoms with Crippen LogP contribution >= 0.6 is 0 Å². The van der Waals surface area contributed by atoms with Gasteiger partial charge in [-0.1, -0.05) is 12.1 Å². The molecule has 0 saturated carbocycles. The van der Waals surface area contributed by atoms with Crippen LogP contribution in [0.25, 0.3) is 10.7 Å². The van der Waals surface area contributed by atoms with Gasteiger partial charge in [0, 0.05) is 37.9 Å². The van der Waals surface area contributed by atoms with E-state index >= 15 is 0 Å². The molecule has 2 aromatic heterocycles. The number of morpholine rings is 1. The standard InChI is InChI=1S/C22H20F2N8O2/c1-25-22-17(23)4-3-16(21(22)24)18-11-30-6-7-31(10-15(30)12-34-18)20(33)8-14-2-5-19(26-9-14)32-13-27-28-29-32/h2-5,9,13,15,18H,6-8,10-12H2. The summed E-state index contributed by atoms with van der Waals surface area (Å²) in [5, 5.41) is 10.9. The highest BCUT2D eigenvalue weighted by molar-refractivity contribution is 5.79. The van der Waals surface area contributed by atoms with Crippen LogP contribution in [0.15, 0.2) is 36.8 Å². The SMILES string of the molecule is [C-]#[N+]c1c(F)ccc(C2CN3CCN(C(=O)Cc4ccc(-n5cnnn5)nc4)CC3CO2)c1F. The molecule has 2 atom stereocenters. The molecule has 2 fully saturated rings. The number of tetrazole rings is 1. The molecule has 1 amide bonds. The third kappa shape index (κ3) is 4.23. The molecule has 2 aliphatic heterocycles. The monoisotopic (exact) mass is 466 g/mol. The van der Waals surface area contributed by atoms with Crippen molar-refractivity contribution in [1.29, 1.82) is 0 Å². The number of nitrogens with zero attached hydrogens (tertiary/aromatic N) is 8. The molecule has 12 heteroatoms. The summed E-state index contributed by atoms with van der Waals surface area (Å²) in [6.45, 7) is 9.39. The maximum absolute atomic E-state index is 14.6. The van der Waals surface area contributed by atoms with Gasteiger partial charge in [0.15, 0.2) is 5.82 Å². The molecule has 174 valence electrons. The summed E-state index contributed by atoms with van der Waals surface area (Å²) in [5.74, 6) is -1.20. The number of aromatic nitrogens is 5. The van der Waals surface area contributed by atoms with Crippen molar-refractivity contribution in [2.24, 2.45) is 0 Å². The van der Waals surface area contributed by atoms with Crippen molar-refractivity contribution in [1.82, 2.24) is 35.0 Å². The lowest BCUT2D eigenvalue weighted by Crippen LogP contribution is -2.59. The van der Waals surface area contributed by atoms with E-state index in [0.717, 1.165) is 11.6 Å². The molecule has 34 heavy (non-hydrogen) atoms. The number of ether oxygens (including phenoxy) is 1. The quantitative estimate of drug-likeness (QED) is 0.541. The van der Waals surface area contributed by atoms with Crippen LogP contribution in [0.5, 0.6) is 0 Å². The van der Waals surface area contributed by atoms with Gasteiger partial charge in [-0.3, -0.25) is 9.69 Å². The first kappa shape index (κ1) is 22.0. The van der Waals surface area contributed by atoms with Gasteiger partial charge in [0.25, 0.3) is 5.69 Å². The molecule has 2 unspecified atom stereocenters. The first-order valence-electron chi connectivity index (χ1n) is 10.7. The van der Waals surface area contributed by atoms with E-state index in [2.05, 4.69) is 30.3 Å². The second-order valence-electron chi connectivity index (χ2n) is 8.18. The minimum atomic E-state index is -0.877. The van der Waals surface area contributed by atoms with Gasteiger partial charge < -0.3 is 9.64 Å². The molecule has 2 saturated heterocycles. The third-order valence-corrected chi connectivity index (χ3v) is 6.15. The van der Waals surface area contributed by atoms with Crippen molar-refractivity contribution >= 4 is 11.6 Å². The van der Waals surface area contributed by atoms with Gasteiger partial charge in [-0.2, -0.15) is 4.68 Å². The van der Waals surface area contributed by atoms with Gasteiger partial charge in [-0.15, -0.1) is 5.10 Å². The van der Waals surface area contributed by atoms with E-state index in [9.17, 15) is 13.6 Å². The number of benzene rings is 1. The van der Waals surface area contributed by atoms with E-state index in [-0.39, 0.29) is 23.9 Å². The Morgan fingerprint density at radius 2 is 2.09 bits per heavy atom. The number of hydrogen-bond donors (Lipinski definition) is 0. The van der Waals surface area contributed by atoms with Gasteiger partial charge >= 0.3 is 0 Å². The number of rotatable bonds is 4. The highest BCUT2D eigenvalue weighted by Crippen LogP contribution is 2.33. The molecule has 3 aromatic rings. The van der Waals surface area contributed by atoms with Gasteiger partial charge in [0.2, 0.25) is 5.91 Å². The number of halogens is 2. The Bertz CT molecular complexity index is 1230. The van der Waals surface area contributed by atoms with Crippen molar-refractivity contribution in [3.05, 3.63) is 71.0 Å². The Morgan fingerprint density at radius 1 is 1.21 bits per heavy atom. The highest BCUT2D eigenvalue weighted by atomic mass is 19.1. The summed E-state index contributed by atoms with van der Waals surface area (Å²) in [6.07, 6.45) is 2.70. The lowest BCUT2D eigenvalue weighted by atomic mass is 10.0. The van der Waals surface area contributed by atoms with Crippen molar-refractivity contribution in [3.63, 3.8) is 0 Å². The number of amides is 1. The zero-order valence-electron chi connectivity index (χ0n) is 18.0. The Morgan fingerprint density at radius 3 is 2.82 bits per heavy atom. The number of piperazine rings is 1. The van der Waals surface area contributed by atoms with E-state index in [4.69, 9.17) is 11.3 Å². The summed E-state index contributed by atoms with van der Waals surface area (Å²) in [6, 6.07) is 5.99. The normalized spacial score (nSPS) is 20.6. The number of hydrogen-bond acceptors (Lipinski definition) is 7. The van der Waals surface area contributed by atoms with Crippen molar-refractivity contribution < 1.29 is 18.3 Å². The van der Waals surface area contributed by atoms with Crippen LogP contribution in [0.3, 0.4) is 0 Å².